The van der Waals surface area contributed by atoms with E-state index in [0.29, 0.717) is 0 Å². The molecule has 10 atom stereocenters. The molecule has 4 aliphatic heterocycles. The summed E-state index contributed by atoms with van der Waals surface area (Å²) in [6, 6.07) is 7.85. The van der Waals surface area contributed by atoms with Gasteiger partial charge in [-0.3, -0.25) is 0 Å². The van der Waals surface area contributed by atoms with Gasteiger partial charge in [-0.15, -0.1) is 0 Å². The largest absolute Gasteiger partial charge is 0.635 e. The van der Waals surface area contributed by atoms with Crippen LogP contribution < -0.4 is 0 Å². The van der Waals surface area contributed by atoms with Crippen molar-refractivity contribution < 1.29 is 78.5 Å². The van der Waals surface area contributed by atoms with E-state index >= 15 is 0 Å². The van der Waals surface area contributed by atoms with Gasteiger partial charge in [0.05, 0.1) is 0 Å². The Morgan fingerprint density at radius 3 is 1.11 bits per heavy atom. The van der Waals surface area contributed by atoms with E-state index in [1.54, 1.807) is 0 Å². The van der Waals surface area contributed by atoms with E-state index in [0.717, 1.165) is 54.4 Å². The number of rotatable bonds is 20. The average Bonchev–Trinajstić information content (AvgIpc) is 3.12. The Morgan fingerprint density at radius 1 is 0.429 bits per heavy atom. The standard InChI is InChI=1S/C24H82O19Si20/c1-24-23-47(2)29-48(3)36-58(25-24)18-15-44-26-63(27-45-16-19-59-37-52(7)30-49(4)31-53(8)38-59,28-46-17-20-60-39-54(9)32-50(5)33-55(10)40-60)43-62(13,14)22-21-61-41-56(11)34-51(6)35-57(12)42-61/h24,47-61H,15-23,44-46H2,1-14H3. The van der Waals surface area contributed by atoms with Crippen LogP contribution in [0, 0.1) is 0 Å². The van der Waals surface area contributed by atoms with Gasteiger partial charge in [-0.25, -0.2) is 0 Å². The maximum atomic E-state index is 7.35. The van der Waals surface area contributed by atoms with Crippen molar-refractivity contribution in [3.8, 4) is 0 Å². The fourth-order valence-corrected chi connectivity index (χ4v) is 75.7. The van der Waals surface area contributed by atoms with Crippen LogP contribution in [0.15, 0.2) is 0 Å². The lowest BCUT2D eigenvalue weighted by molar-refractivity contribution is 0.165. The summed E-state index contributed by atoms with van der Waals surface area (Å²) < 4.78 is 124. The third kappa shape index (κ3) is 24.7. The van der Waals surface area contributed by atoms with E-state index in [4.69, 9.17) is 78.5 Å². The van der Waals surface area contributed by atoms with E-state index in [1.807, 2.05) is 0 Å². The lowest BCUT2D eigenvalue weighted by Crippen LogP contribution is -2.58. The molecule has 0 aromatic rings. The smallest absolute Gasteiger partial charge is 0.441 e. The van der Waals surface area contributed by atoms with E-state index in [1.165, 1.54) is 0 Å². The predicted molar refractivity (Wildman–Crippen MR) is 294 cm³/mol. The van der Waals surface area contributed by atoms with Gasteiger partial charge in [0, 0.05) is 6.10 Å². The highest BCUT2D eigenvalue weighted by molar-refractivity contribution is 6.84. The third-order valence-electron chi connectivity index (χ3n) is 10.1. The second-order valence-corrected chi connectivity index (χ2v) is 64.5. The van der Waals surface area contributed by atoms with E-state index in [9.17, 15) is 0 Å². The van der Waals surface area contributed by atoms with Crippen molar-refractivity contribution in [2.45, 2.75) is 153 Å². The summed E-state index contributed by atoms with van der Waals surface area (Å²) in [4.78, 5) is 0. The molecular weight excluding hydrogens is 1150 g/mol. The maximum absolute atomic E-state index is 7.35. The summed E-state index contributed by atoms with van der Waals surface area (Å²) in [5.74, 6) is 0. The fourth-order valence-electron chi connectivity index (χ4n) is 7.68. The van der Waals surface area contributed by atoms with Crippen LogP contribution in [0.3, 0.4) is 0 Å². The molecule has 4 fully saturated rings. The van der Waals surface area contributed by atoms with E-state index in [2.05, 4.69) is 92.0 Å². The topological polar surface area (TPSA) is 175 Å². The molecule has 0 spiro atoms. The first kappa shape index (κ1) is 59.1. The van der Waals surface area contributed by atoms with Gasteiger partial charge in [0.15, 0.2) is 46.6 Å². The molecule has 4 saturated heterocycles. The zero-order valence-corrected chi connectivity index (χ0v) is 64.0. The molecule has 4 heterocycles. The Bertz CT molecular complexity index is 1120. The Hall–Kier alpha value is 3.58. The summed E-state index contributed by atoms with van der Waals surface area (Å²) in [6.07, 6.45) is 0.164. The third-order valence-corrected chi connectivity index (χ3v) is 73.2. The fraction of sp³-hybridized carbons (Fsp3) is 1.00. The minimum absolute atomic E-state index is 0.164. The highest BCUT2D eigenvalue weighted by Crippen LogP contribution is 2.27. The number of hydrogen-bond acceptors (Lipinski definition) is 19. The Labute approximate surface area is 413 Å². The van der Waals surface area contributed by atoms with Crippen LogP contribution in [0.5, 0.6) is 0 Å². The molecule has 0 radical (unpaired) electrons. The van der Waals surface area contributed by atoms with Crippen molar-refractivity contribution in [3.63, 3.8) is 0 Å². The molecule has 39 heteroatoms. The number of hydrogen-bond donors (Lipinski definition) is 0. The van der Waals surface area contributed by atoms with Gasteiger partial charge in [0.25, 0.3) is 92.8 Å². The summed E-state index contributed by atoms with van der Waals surface area (Å²) in [5, 5.41) is 0. The molecule has 10 unspecified atom stereocenters. The molecule has 0 saturated carbocycles. The van der Waals surface area contributed by atoms with Crippen molar-refractivity contribution in [2.75, 3.05) is 0 Å². The van der Waals surface area contributed by atoms with Crippen LogP contribution >= 0.6 is 0 Å². The SMILES string of the molecule is CC1C[SiH](C)O[SiH](C)O[SiH](CC[SiH2]O[Si](O[SiH2]CC[SiH]2O[SiH](C)O[SiH](C)O[SiH](C)O2)(O[SiH2]CC[SiH]2O[SiH](C)O[SiH](C)O[SiH](C)O2)O[Si](C)(C)CC[SiH]2O[SiH](C)O[SiH](C)O[SiH](C)O2)O1. The van der Waals surface area contributed by atoms with Gasteiger partial charge >= 0.3 is 46.2 Å². The predicted octanol–water partition coefficient (Wildman–Crippen LogP) is -2.37. The van der Waals surface area contributed by atoms with Gasteiger partial charge in [-0.2, -0.15) is 0 Å². The zero-order chi connectivity index (χ0) is 46.2. The molecule has 63 heavy (non-hydrogen) atoms. The quantitative estimate of drug-likeness (QED) is 0.0934. The first-order chi connectivity index (χ1) is 29.7. The minimum Gasteiger partial charge on any atom is -0.441 e. The zero-order valence-electron chi connectivity index (χ0n) is 40.5. The maximum Gasteiger partial charge on any atom is 0.635 e. The van der Waals surface area contributed by atoms with Crippen LogP contribution in [-0.4, -0.2) is 192 Å². The van der Waals surface area contributed by atoms with Crippen molar-refractivity contribution in [2.24, 2.45) is 0 Å². The molecular formula is C24H82O19Si20. The van der Waals surface area contributed by atoms with E-state index < -0.39 is 186 Å². The molecule has 0 bridgehead atoms. The Morgan fingerprint density at radius 2 is 0.730 bits per heavy atom. The molecule has 4 aliphatic rings. The van der Waals surface area contributed by atoms with Crippen molar-refractivity contribution in [1.82, 2.24) is 0 Å². The van der Waals surface area contributed by atoms with Crippen molar-refractivity contribution in [3.05, 3.63) is 0 Å². The van der Waals surface area contributed by atoms with Crippen LogP contribution in [0.4, 0.5) is 0 Å². The first-order valence-corrected chi connectivity index (χ1v) is 63.1. The molecule has 0 aliphatic carbocycles. The molecule has 0 aromatic heterocycles. The first-order valence-electron chi connectivity index (χ1n) is 23.2. The highest BCUT2D eigenvalue weighted by Gasteiger charge is 2.49. The average molecular weight is 1240 g/mol. The Kier molecular flexibility index (Phi) is 28.7. The normalized spacial score (nSPS) is 39.9. The highest BCUT2D eigenvalue weighted by atomic mass is 28.5. The molecule has 372 valence electrons. The van der Waals surface area contributed by atoms with Gasteiger partial charge in [0.1, 0.15) is 0 Å². The van der Waals surface area contributed by atoms with Gasteiger partial charge in [0.2, 0.25) is 0 Å². The molecule has 4 rings (SSSR count). The molecule has 0 N–H and O–H groups in total. The minimum atomic E-state index is -3.60. The second kappa shape index (κ2) is 30.6. The molecule has 0 aromatic carbocycles. The van der Waals surface area contributed by atoms with Gasteiger partial charge < -0.3 is 78.5 Å². The Balaban J connectivity index is 1.50. The van der Waals surface area contributed by atoms with Crippen LogP contribution in [-0.2, 0) is 78.5 Å². The van der Waals surface area contributed by atoms with E-state index in [-0.39, 0.29) is 6.10 Å². The van der Waals surface area contributed by atoms with Crippen LogP contribution in [0.25, 0.3) is 0 Å². The van der Waals surface area contributed by atoms with Crippen molar-refractivity contribution >= 4 is 186 Å². The molecule has 19 nitrogen and oxygen atoms in total. The summed E-state index contributed by atoms with van der Waals surface area (Å²) in [6.45, 7) is 29.8. The second-order valence-electron chi connectivity index (χ2n) is 17.2. The van der Waals surface area contributed by atoms with Crippen LogP contribution in [0.2, 0.25) is 140 Å². The lowest BCUT2D eigenvalue weighted by Gasteiger charge is -2.38. The van der Waals surface area contributed by atoms with Gasteiger partial charge in [-0.1, -0.05) is 0 Å². The van der Waals surface area contributed by atoms with Crippen molar-refractivity contribution in [1.29, 1.82) is 0 Å². The van der Waals surface area contributed by atoms with Gasteiger partial charge in [-0.05, 0) is 146 Å². The summed E-state index contributed by atoms with van der Waals surface area (Å²) in [5.41, 5.74) is 0. The van der Waals surface area contributed by atoms with Crippen LogP contribution in [0.1, 0.15) is 6.92 Å². The summed E-state index contributed by atoms with van der Waals surface area (Å²) in [7, 11) is -36.5. The lowest BCUT2D eigenvalue weighted by atomic mass is 10.5. The monoisotopic (exact) mass is 1230 g/mol. The summed E-state index contributed by atoms with van der Waals surface area (Å²) >= 11 is 0. The molecule has 0 amide bonds.